The maximum absolute atomic E-state index is 11.8. The highest BCUT2D eigenvalue weighted by atomic mass is 35.5. The molecule has 1 heterocycles. The maximum atomic E-state index is 11.8. The Balaban J connectivity index is 2.13. The van der Waals surface area contributed by atoms with Gasteiger partial charge in [0.05, 0.1) is 15.8 Å². The molecule has 110 valence electrons. The predicted octanol–water partition coefficient (Wildman–Crippen LogP) is 4.63. The first-order chi connectivity index (χ1) is 10.5. The molecule has 3 rings (SSSR count). The van der Waals surface area contributed by atoms with Crippen LogP contribution >= 0.6 is 34.5 Å². The molecule has 3 nitrogen and oxygen atoms in total. The number of hydrogen-bond donors (Lipinski definition) is 1. The summed E-state index contributed by atoms with van der Waals surface area (Å²) in [6, 6.07) is 12.7. The molecule has 0 bridgehead atoms. The van der Waals surface area contributed by atoms with E-state index >= 15 is 0 Å². The van der Waals surface area contributed by atoms with Gasteiger partial charge in [-0.15, -0.1) is 11.3 Å². The van der Waals surface area contributed by atoms with Gasteiger partial charge in [0.25, 0.3) is 5.91 Å². The minimum atomic E-state index is -0.551. The zero-order valence-electron chi connectivity index (χ0n) is 11.2. The Hall–Kier alpha value is -1.88. The molecule has 0 saturated heterocycles. The topological polar surface area (TPSA) is 56.0 Å². The summed E-state index contributed by atoms with van der Waals surface area (Å²) in [5.74, 6) is -0.551. The monoisotopic (exact) mass is 348 g/mol. The van der Waals surface area contributed by atoms with Crippen LogP contribution in [0.4, 0.5) is 0 Å². The van der Waals surface area contributed by atoms with Crippen molar-refractivity contribution in [2.24, 2.45) is 5.73 Å². The molecular formula is C16H10Cl2N2OS. The van der Waals surface area contributed by atoms with E-state index in [1.807, 2.05) is 24.3 Å². The fourth-order valence-corrected chi connectivity index (χ4v) is 3.45. The molecule has 0 radical (unpaired) electrons. The number of amides is 1. The van der Waals surface area contributed by atoms with Crippen LogP contribution in [0.25, 0.3) is 21.9 Å². The number of primary amides is 1. The lowest BCUT2D eigenvalue weighted by Gasteiger charge is -2.02. The summed E-state index contributed by atoms with van der Waals surface area (Å²) in [6.45, 7) is 0. The Morgan fingerprint density at radius 1 is 1.18 bits per heavy atom. The Labute approximate surface area is 141 Å². The number of nitrogens with zero attached hydrogens (tertiary/aromatic N) is 1. The van der Waals surface area contributed by atoms with Gasteiger partial charge in [-0.25, -0.2) is 4.98 Å². The zero-order chi connectivity index (χ0) is 15.7. The van der Waals surface area contributed by atoms with Gasteiger partial charge in [0.2, 0.25) is 0 Å². The highest BCUT2D eigenvalue weighted by Gasteiger charge is 2.14. The van der Waals surface area contributed by atoms with Crippen molar-refractivity contribution in [2.45, 2.75) is 0 Å². The maximum Gasteiger partial charge on any atom is 0.251 e. The number of carbonyl (C=O) groups excluding carboxylic acids is 1. The number of fused-ring (bicyclic) bond motifs is 1. The van der Waals surface area contributed by atoms with E-state index in [1.165, 1.54) is 11.3 Å². The summed E-state index contributed by atoms with van der Waals surface area (Å²) in [7, 11) is 0. The predicted molar refractivity (Wildman–Crippen MR) is 93.1 cm³/mol. The van der Waals surface area contributed by atoms with E-state index in [0.717, 1.165) is 10.2 Å². The average Bonchev–Trinajstić information content (AvgIpc) is 2.89. The number of nitrogens with two attached hydrogens (primary N) is 1. The second-order valence-electron chi connectivity index (χ2n) is 4.57. The molecule has 22 heavy (non-hydrogen) atoms. The van der Waals surface area contributed by atoms with E-state index < -0.39 is 5.91 Å². The van der Waals surface area contributed by atoms with Crippen molar-refractivity contribution in [3.8, 4) is 0 Å². The van der Waals surface area contributed by atoms with Crippen molar-refractivity contribution in [1.29, 1.82) is 0 Å². The van der Waals surface area contributed by atoms with Gasteiger partial charge in [0, 0.05) is 10.0 Å². The number of para-hydroxylation sites is 1. The van der Waals surface area contributed by atoms with Gasteiger partial charge >= 0.3 is 0 Å². The van der Waals surface area contributed by atoms with Crippen LogP contribution in [0, 0.1) is 0 Å². The number of carbonyl (C=O) groups is 1. The molecule has 1 aromatic heterocycles. The van der Waals surface area contributed by atoms with Gasteiger partial charge in [-0.2, -0.15) is 0 Å². The molecule has 2 aromatic carbocycles. The third kappa shape index (κ3) is 2.99. The van der Waals surface area contributed by atoms with Crippen LogP contribution in [0.1, 0.15) is 10.6 Å². The number of hydrogen-bond acceptors (Lipinski definition) is 3. The normalized spacial score (nSPS) is 11.8. The molecule has 0 spiro atoms. The van der Waals surface area contributed by atoms with Crippen LogP contribution in [0.5, 0.6) is 0 Å². The second-order valence-corrected chi connectivity index (χ2v) is 6.45. The van der Waals surface area contributed by atoms with Crippen molar-refractivity contribution in [3.63, 3.8) is 0 Å². The Kier molecular flexibility index (Phi) is 4.16. The van der Waals surface area contributed by atoms with Crippen LogP contribution in [0.2, 0.25) is 10.0 Å². The van der Waals surface area contributed by atoms with E-state index in [1.54, 1.807) is 24.3 Å². The fraction of sp³-hybridized carbons (Fsp3) is 0. The van der Waals surface area contributed by atoms with E-state index in [4.69, 9.17) is 28.9 Å². The van der Waals surface area contributed by atoms with E-state index in [9.17, 15) is 4.79 Å². The summed E-state index contributed by atoms with van der Waals surface area (Å²) in [5, 5.41) is 1.55. The van der Waals surface area contributed by atoms with Crippen molar-refractivity contribution in [2.75, 3.05) is 0 Å². The molecule has 3 aromatic rings. The van der Waals surface area contributed by atoms with E-state index in [0.29, 0.717) is 26.2 Å². The van der Waals surface area contributed by atoms with Gasteiger partial charge in [-0.05, 0) is 35.9 Å². The number of rotatable bonds is 3. The molecule has 2 N–H and O–H groups in total. The molecule has 0 saturated carbocycles. The largest absolute Gasteiger partial charge is 0.366 e. The lowest BCUT2D eigenvalue weighted by Crippen LogP contribution is -2.12. The standard InChI is InChI=1S/C16H10Cl2N2OS/c17-10-6-5-9(12(18)8-10)7-11(15(19)21)16-20-13-3-1-2-4-14(13)22-16/h1-8H,(H2,19,21). The van der Waals surface area contributed by atoms with Gasteiger partial charge in [0.15, 0.2) is 0 Å². The minimum absolute atomic E-state index is 0.324. The first-order valence-electron chi connectivity index (χ1n) is 6.37. The van der Waals surface area contributed by atoms with Gasteiger partial charge in [-0.3, -0.25) is 4.79 Å². The highest BCUT2D eigenvalue weighted by Crippen LogP contribution is 2.30. The molecule has 0 aliphatic heterocycles. The highest BCUT2D eigenvalue weighted by molar-refractivity contribution is 7.19. The molecule has 0 fully saturated rings. The van der Waals surface area contributed by atoms with Crippen LogP contribution < -0.4 is 5.73 Å². The fourth-order valence-electron chi connectivity index (χ4n) is 2.00. The molecule has 0 atom stereocenters. The summed E-state index contributed by atoms with van der Waals surface area (Å²) in [6.07, 6.45) is 1.64. The van der Waals surface area contributed by atoms with Crippen LogP contribution in [-0.2, 0) is 4.79 Å². The summed E-state index contributed by atoms with van der Waals surface area (Å²) in [5.41, 5.74) is 7.33. The third-order valence-electron chi connectivity index (χ3n) is 3.05. The van der Waals surface area contributed by atoms with Gasteiger partial charge in [0.1, 0.15) is 5.01 Å². The van der Waals surface area contributed by atoms with E-state index in [2.05, 4.69) is 4.98 Å². The summed E-state index contributed by atoms with van der Waals surface area (Å²) >= 11 is 13.4. The van der Waals surface area contributed by atoms with Crippen molar-refractivity contribution < 1.29 is 4.79 Å². The molecule has 1 amide bonds. The Bertz CT molecular complexity index is 869. The Morgan fingerprint density at radius 2 is 1.95 bits per heavy atom. The summed E-state index contributed by atoms with van der Waals surface area (Å²) < 4.78 is 0.992. The number of thiazole rings is 1. The molecule has 0 aliphatic carbocycles. The SMILES string of the molecule is NC(=O)C(=Cc1ccc(Cl)cc1Cl)c1nc2ccccc2s1. The third-order valence-corrected chi connectivity index (χ3v) is 4.68. The number of benzene rings is 2. The average molecular weight is 349 g/mol. The smallest absolute Gasteiger partial charge is 0.251 e. The molecule has 0 unspecified atom stereocenters. The molecular weight excluding hydrogens is 339 g/mol. The zero-order valence-corrected chi connectivity index (χ0v) is 13.5. The number of aromatic nitrogens is 1. The molecule has 6 heteroatoms. The first-order valence-corrected chi connectivity index (χ1v) is 7.94. The van der Waals surface area contributed by atoms with E-state index in [-0.39, 0.29) is 0 Å². The van der Waals surface area contributed by atoms with Gasteiger partial charge in [-0.1, -0.05) is 41.4 Å². The summed E-state index contributed by atoms with van der Waals surface area (Å²) in [4.78, 5) is 16.3. The van der Waals surface area contributed by atoms with Crippen molar-refractivity contribution >= 4 is 62.3 Å². The lowest BCUT2D eigenvalue weighted by molar-refractivity contribution is -0.112. The first kappa shape index (κ1) is 15.0. The van der Waals surface area contributed by atoms with Gasteiger partial charge < -0.3 is 5.73 Å². The van der Waals surface area contributed by atoms with Crippen molar-refractivity contribution in [1.82, 2.24) is 4.98 Å². The lowest BCUT2D eigenvalue weighted by atomic mass is 10.1. The molecule has 0 aliphatic rings. The minimum Gasteiger partial charge on any atom is -0.366 e. The van der Waals surface area contributed by atoms with Crippen LogP contribution in [-0.4, -0.2) is 10.9 Å². The van der Waals surface area contributed by atoms with Crippen LogP contribution in [0.15, 0.2) is 42.5 Å². The quantitative estimate of drug-likeness (QED) is 0.701. The number of halogens is 2. The van der Waals surface area contributed by atoms with Crippen LogP contribution in [0.3, 0.4) is 0 Å². The van der Waals surface area contributed by atoms with Crippen molar-refractivity contribution in [3.05, 3.63) is 63.1 Å². The Morgan fingerprint density at radius 3 is 2.64 bits per heavy atom. The second kappa shape index (κ2) is 6.08.